The van der Waals surface area contributed by atoms with Crippen molar-refractivity contribution in [2.45, 2.75) is 123 Å². The van der Waals surface area contributed by atoms with Gasteiger partial charge in [0.15, 0.2) is 0 Å². The topological polar surface area (TPSA) is 54.4 Å². The molecule has 3 nitrogen and oxygen atoms in total. The zero-order valence-corrected chi connectivity index (χ0v) is 21.2. The van der Waals surface area contributed by atoms with Crippen LogP contribution in [0.25, 0.3) is 0 Å². The maximum absolute atomic E-state index is 11.7. The van der Waals surface area contributed by atoms with E-state index in [1.807, 2.05) is 19.9 Å². The Kier molecular flexibility index (Phi) is 12.2. The Morgan fingerprint density at radius 1 is 0.767 bits per heavy atom. The molecule has 0 fully saturated rings. The molecular formula is C26H46O3S. The van der Waals surface area contributed by atoms with Crippen molar-refractivity contribution < 1.29 is 13.0 Å². The summed E-state index contributed by atoms with van der Waals surface area (Å²) >= 11 is 0. The Bertz CT molecular complexity index is 735. The Labute approximate surface area is 186 Å². The van der Waals surface area contributed by atoms with Crippen LogP contribution in [-0.2, 0) is 16.5 Å². The highest BCUT2D eigenvalue weighted by atomic mass is 32.2. The Hall–Kier alpha value is -0.870. The van der Waals surface area contributed by atoms with Crippen molar-refractivity contribution in [3.05, 3.63) is 28.3 Å². The molecule has 0 spiro atoms. The van der Waals surface area contributed by atoms with Crippen LogP contribution in [0, 0.1) is 32.6 Å². The van der Waals surface area contributed by atoms with Gasteiger partial charge in [0.05, 0.1) is 4.90 Å². The van der Waals surface area contributed by atoms with E-state index in [1.165, 1.54) is 64.2 Å². The molecule has 0 amide bonds. The average Bonchev–Trinajstić information content (AvgIpc) is 2.60. The van der Waals surface area contributed by atoms with Crippen LogP contribution >= 0.6 is 0 Å². The van der Waals surface area contributed by atoms with Gasteiger partial charge in [-0.15, -0.1) is 0 Å². The largest absolute Gasteiger partial charge is 0.295 e. The van der Waals surface area contributed by atoms with E-state index in [0.717, 1.165) is 41.4 Å². The van der Waals surface area contributed by atoms with Crippen LogP contribution in [0.5, 0.6) is 0 Å². The SMILES string of the molecule is Cc1cc(C)c(S(=O)(=O)O)c(C)c1CCCCCCCCCC(C)CCCC(C)C. The Balaban J connectivity index is 2.24. The van der Waals surface area contributed by atoms with Gasteiger partial charge in [0.1, 0.15) is 0 Å². The predicted octanol–water partition coefficient (Wildman–Crippen LogP) is 7.98. The second-order valence-corrected chi connectivity index (χ2v) is 11.2. The molecule has 0 saturated heterocycles. The van der Waals surface area contributed by atoms with Crippen molar-refractivity contribution in [3.63, 3.8) is 0 Å². The van der Waals surface area contributed by atoms with Gasteiger partial charge >= 0.3 is 0 Å². The lowest BCUT2D eigenvalue weighted by molar-refractivity contribution is 0.417. The first-order valence-electron chi connectivity index (χ1n) is 12.1. The summed E-state index contributed by atoms with van der Waals surface area (Å²) in [5, 5.41) is 0. The van der Waals surface area contributed by atoms with Crippen LogP contribution in [0.15, 0.2) is 11.0 Å². The third-order valence-corrected chi connectivity index (χ3v) is 7.56. The highest BCUT2D eigenvalue weighted by molar-refractivity contribution is 7.86. The monoisotopic (exact) mass is 438 g/mol. The van der Waals surface area contributed by atoms with Gasteiger partial charge in [-0.2, -0.15) is 8.42 Å². The molecule has 0 bridgehead atoms. The van der Waals surface area contributed by atoms with Gasteiger partial charge in [-0.25, -0.2) is 0 Å². The summed E-state index contributed by atoms with van der Waals surface area (Å²) in [6.45, 7) is 12.6. The molecule has 1 N–H and O–H groups in total. The zero-order valence-electron chi connectivity index (χ0n) is 20.4. The van der Waals surface area contributed by atoms with E-state index in [1.54, 1.807) is 6.92 Å². The summed E-state index contributed by atoms with van der Waals surface area (Å²) < 4.78 is 33.0. The molecule has 0 aliphatic carbocycles. The molecular weight excluding hydrogens is 392 g/mol. The Morgan fingerprint density at radius 3 is 1.87 bits per heavy atom. The molecule has 1 aromatic carbocycles. The molecule has 0 radical (unpaired) electrons. The van der Waals surface area contributed by atoms with E-state index in [9.17, 15) is 13.0 Å². The molecule has 1 rings (SSSR count). The zero-order chi connectivity index (χ0) is 22.7. The maximum atomic E-state index is 11.7. The van der Waals surface area contributed by atoms with Crippen molar-refractivity contribution in [1.82, 2.24) is 0 Å². The fourth-order valence-electron chi connectivity index (χ4n) is 4.68. The Morgan fingerprint density at radius 2 is 1.30 bits per heavy atom. The lowest BCUT2D eigenvalue weighted by Gasteiger charge is -2.15. The highest BCUT2D eigenvalue weighted by Crippen LogP contribution is 2.27. The van der Waals surface area contributed by atoms with Crippen molar-refractivity contribution in [2.24, 2.45) is 11.8 Å². The normalized spacial score (nSPS) is 13.2. The number of benzene rings is 1. The number of hydrogen-bond donors (Lipinski definition) is 1. The molecule has 1 atom stereocenters. The fourth-order valence-corrected chi connectivity index (χ4v) is 5.66. The van der Waals surface area contributed by atoms with Gasteiger partial charge in [0.25, 0.3) is 10.1 Å². The number of unbranched alkanes of at least 4 members (excludes halogenated alkanes) is 6. The van der Waals surface area contributed by atoms with E-state index in [-0.39, 0.29) is 4.90 Å². The first-order chi connectivity index (χ1) is 14.0. The first-order valence-corrected chi connectivity index (χ1v) is 13.5. The third-order valence-electron chi connectivity index (χ3n) is 6.42. The predicted molar refractivity (Wildman–Crippen MR) is 129 cm³/mol. The first kappa shape index (κ1) is 27.2. The van der Waals surface area contributed by atoms with Crippen LogP contribution in [0.1, 0.15) is 114 Å². The van der Waals surface area contributed by atoms with Crippen LogP contribution in [-0.4, -0.2) is 13.0 Å². The van der Waals surface area contributed by atoms with Gasteiger partial charge in [0.2, 0.25) is 0 Å². The van der Waals surface area contributed by atoms with E-state index in [4.69, 9.17) is 0 Å². The molecule has 0 heterocycles. The van der Waals surface area contributed by atoms with Crippen LogP contribution < -0.4 is 0 Å². The van der Waals surface area contributed by atoms with E-state index < -0.39 is 10.1 Å². The lowest BCUT2D eigenvalue weighted by Crippen LogP contribution is -2.08. The summed E-state index contributed by atoms with van der Waals surface area (Å²) in [6, 6.07) is 1.88. The average molecular weight is 439 g/mol. The van der Waals surface area contributed by atoms with Gasteiger partial charge in [-0.05, 0) is 67.7 Å². The maximum Gasteiger partial charge on any atom is 0.295 e. The molecule has 0 aliphatic heterocycles. The molecule has 1 unspecified atom stereocenters. The summed E-state index contributed by atoms with van der Waals surface area (Å²) in [7, 11) is -4.17. The fraction of sp³-hybridized carbons (Fsp3) is 0.769. The van der Waals surface area contributed by atoms with E-state index in [0.29, 0.717) is 5.56 Å². The summed E-state index contributed by atoms with van der Waals surface area (Å²) in [5.74, 6) is 1.71. The quantitative estimate of drug-likeness (QED) is 0.223. The minimum absolute atomic E-state index is 0.0986. The van der Waals surface area contributed by atoms with Crippen molar-refractivity contribution >= 4 is 10.1 Å². The van der Waals surface area contributed by atoms with E-state index in [2.05, 4.69) is 20.8 Å². The minimum atomic E-state index is -4.17. The van der Waals surface area contributed by atoms with Crippen molar-refractivity contribution in [3.8, 4) is 0 Å². The third kappa shape index (κ3) is 9.96. The molecule has 30 heavy (non-hydrogen) atoms. The van der Waals surface area contributed by atoms with Gasteiger partial charge in [-0.3, -0.25) is 4.55 Å². The molecule has 0 aliphatic rings. The van der Waals surface area contributed by atoms with Crippen LogP contribution in [0.3, 0.4) is 0 Å². The van der Waals surface area contributed by atoms with Crippen molar-refractivity contribution in [1.29, 1.82) is 0 Å². The lowest BCUT2D eigenvalue weighted by atomic mass is 9.94. The summed E-state index contributed by atoms with van der Waals surface area (Å²) in [6.07, 6.45) is 15.2. The smallest absolute Gasteiger partial charge is 0.282 e. The summed E-state index contributed by atoms with van der Waals surface area (Å²) in [5.41, 5.74) is 3.56. The molecule has 0 aromatic heterocycles. The van der Waals surface area contributed by atoms with Gasteiger partial charge in [-0.1, -0.05) is 91.0 Å². The van der Waals surface area contributed by atoms with Crippen LogP contribution in [0.2, 0.25) is 0 Å². The van der Waals surface area contributed by atoms with Crippen LogP contribution in [0.4, 0.5) is 0 Å². The molecule has 4 heteroatoms. The van der Waals surface area contributed by atoms with Gasteiger partial charge < -0.3 is 0 Å². The standard InChI is InChI=1S/C26H46O3S/c1-20(2)15-14-17-21(3)16-12-10-8-7-9-11-13-18-25-22(4)19-23(5)26(24(25)6)30(27,28)29/h19-21H,7-18H2,1-6H3,(H,27,28,29). The number of hydrogen-bond acceptors (Lipinski definition) is 2. The second-order valence-electron chi connectivity index (χ2n) is 9.86. The van der Waals surface area contributed by atoms with E-state index >= 15 is 0 Å². The number of rotatable bonds is 15. The number of aryl methyl sites for hydroxylation is 2. The molecule has 174 valence electrons. The van der Waals surface area contributed by atoms with Crippen molar-refractivity contribution in [2.75, 3.05) is 0 Å². The summed E-state index contributed by atoms with van der Waals surface area (Å²) in [4.78, 5) is 0.0986. The van der Waals surface area contributed by atoms with Gasteiger partial charge in [0, 0.05) is 0 Å². The molecule has 0 saturated carbocycles. The second kappa shape index (κ2) is 13.5. The highest BCUT2D eigenvalue weighted by Gasteiger charge is 2.20. The minimum Gasteiger partial charge on any atom is -0.282 e. The molecule has 1 aromatic rings.